The molecule has 2 aliphatic rings. The van der Waals surface area contributed by atoms with E-state index in [1.54, 1.807) is 0 Å². The normalized spacial score (nSPS) is 22.7. The molecule has 19 heavy (non-hydrogen) atoms. The number of hydrogen-bond acceptors (Lipinski definition) is 4. The molecule has 1 amide bonds. The van der Waals surface area contributed by atoms with Crippen LogP contribution < -0.4 is 0 Å². The molecule has 5 nitrogen and oxygen atoms in total. The number of β-amino-alcohol motifs (C(OH)–C–C–N with tert-alkyl or cyclic N) is 1. The van der Waals surface area contributed by atoms with Crippen molar-refractivity contribution < 1.29 is 9.90 Å². The van der Waals surface area contributed by atoms with E-state index in [1.807, 2.05) is 4.90 Å². The molecule has 1 N–H and O–H groups in total. The average molecular weight is 269 g/mol. The van der Waals surface area contributed by atoms with Gasteiger partial charge in [-0.2, -0.15) is 0 Å². The van der Waals surface area contributed by atoms with Gasteiger partial charge in [-0.1, -0.05) is 0 Å². The van der Waals surface area contributed by atoms with E-state index >= 15 is 0 Å². The summed E-state index contributed by atoms with van der Waals surface area (Å²) in [6, 6.07) is 0. The van der Waals surface area contributed by atoms with E-state index in [-0.39, 0.29) is 6.61 Å². The average Bonchev–Trinajstić information content (AvgIpc) is 2.47. The summed E-state index contributed by atoms with van der Waals surface area (Å²) in [4.78, 5) is 18.7. The highest BCUT2D eigenvalue weighted by Crippen LogP contribution is 2.10. The van der Waals surface area contributed by atoms with Gasteiger partial charge in [0.25, 0.3) is 0 Å². The van der Waals surface area contributed by atoms with Gasteiger partial charge < -0.3 is 14.9 Å². The van der Waals surface area contributed by atoms with Crippen LogP contribution in [-0.2, 0) is 4.79 Å². The monoisotopic (exact) mass is 269 g/mol. The Bertz CT molecular complexity index is 272. The lowest BCUT2D eigenvalue weighted by Gasteiger charge is -2.34. The second-order valence-corrected chi connectivity index (χ2v) is 5.60. The van der Waals surface area contributed by atoms with E-state index in [1.165, 1.54) is 19.3 Å². The number of hydrogen-bond donors (Lipinski definition) is 1. The van der Waals surface area contributed by atoms with Crippen molar-refractivity contribution in [1.82, 2.24) is 14.7 Å². The van der Waals surface area contributed by atoms with Crippen molar-refractivity contribution in [3.05, 3.63) is 0 Å². The molecule has 0 aromatic rings. The number of aliphatic hydroxyl groups excluding tert-OH is 1. The molecule has 2 fully saturated rings. The van der Waals surface area contributed by atoms with Gasteiger partial charge >= 0.3 is 0 Å². The van der Waals surface area contributed by atoms with Gasteiger partial charge in [-0.25, -0.2) is 0 Å². The molecule has 0 aromatic heterocycles. The van der Waals surface area contributed by atoms with Gasteiger partial charge in [0.2, 0.25) is 5.91 Å². The Morgan fingerprint density at radius 2 is 1.42 bits per heavy atom. The lowest BCUT2D eigenvalue weighted by molar-refractivity contribution is -0.132. The topological polar surface area (TPSA) is 47.0 Å². The minimum absolute atomic E-state index is 0.243. The van der Waals surface area contributed by atoms with Crippen molar-refractivity contribution >= 4 is 5.91 Å². The third-order valence-electron chi connectivity index (χ3n) is 4.23. The van der Waals surface area contributed by atoms with Gasteiger partial charge in [-0.15, -0.1) is 0 Å². The van der Waals surface area contributed by atoms with Crippen LogP contribution in [0.5, 0.6) is 0 Å². The molecule has 2 rings (SSSR count). The summed E-state index contributed by atoms with van der Waals surface area (Å²) < 4.78 is 0. The van der Waals surface area contributed by atoms with E-state index in [9.17, 15) is 4.79 Å². The van der Waals surface area contributed by atoms with Crippen LogP contribution in [0.1, 0.15) is 25.7 Å². The van der Waals surface area contributed by atoms with Crippen molar-refractivity contribution in [2.24, 2.45) is 0 Å². The summed E-state index contributed by atoms with van der Waals surface area (Å²) in [5.74, 6) is 0.331. The minimum Gasteiger partial charge on any atom is -0.395 e. The Kier molecular flexibility index (Phi) is 6.07. The highest BCUT2D eigenvalue weighted by molar-refractivity contribution is 5.76. The molecular weight excluding hydrogens is 242 g/mol. The second-order valence-electron chi connectivity index (χ2n) is 5.60. The molecule has 0 bridgehead atoms. The zero-order valence-electron chi connectivity index (χ0n) is 11.9. The lowest BCUT2D eigenvalue weighted by Crippen LogP contribution is -2.48. The number of nitrogens with zero attached hydrogens (tertiary/aromatic N) is 3. The van der Waals surface area contributed by atoms with Crippen molar-refractivity contribution in [3.8, 4) is 0 Å². The zero-order valence-corrected chi connectivity index (χ0v) is 11.9. The number of piperazine rings is 1. The highest BCUT2D eigenvalue weighted by atomic mass is 16.3. The third-order valence-corrected chi connectivity index (χ3v) is 4.23. The minimum atomic E-state index is 0.243. The van der Waals surface area contributed by atoms with Gasteiger partial charge in [-0.3, -0.25) is 9.69 Å². The first-order valence-electron chi connectivity index (χ1n) is 7.63. The lowest BCUT2D eigenvalue weighted by atomic mass is 10.1. The van der Waals surface area contributed by atoms with Gasteiger partial charge in [0.05, 0.1) is 6.61 Å². The fourth-order valence-electron chi connectivity index (χ4n) is 2.93. The molecule has 0 aromatic carbocycles. The molecule has 0 spiro atoms. The van der Waals surface area contributed by atoms with Crippen LogP contribution in [0.25, 0.3) is 0 Å². The molecule has 2 heterocycles. The Morgan fingerprint density at radius 1 is 0.842 bits per heavy atom. The van der Waals surface area contributed by atoms with E-state index < -0.39 is 0 Å². The first kappa shape index (κ1) is 14.8. The predicted molar refractivity (Wildman–Crippen MR) is 75.0 cm³/mol. The number of piperidine rings is 1. The standard InChI is InChI=1S/C14H27N3O2/c18-13-12-16-10-8-15(9-11-16)7-4-14(19)17-5-2-1-3-6-17/h18H,1-13H2. The summed E-state index contributed by atoms with van der Waals surface area (Å²) >= 11 is 0. The molecule has 0 aliphatic carbocycles. The Balaban J connectivity index is 1.61. The van der Waals surface area contributed by atoms with Crippen molar-refractivity contribution in [2.45, 2.75) is 25.7 Å². The summed E-state index contributed by atoms with van der Waals surface area (Å²) in [5.41, 5.74) is 0. The van der Waals surface area contributed by atoms with Crippen molar-refractivity contribution in [1.29, 1.82) is 0 Å². The SMILES string of the molecule is O=C(CCN1CCN(CCO)CC1)N1CCCCC1. The van der Waals surface area contributed by atoms with Crippen LogP contribution in [0.2, 0.25) is 0 Å². The van der Waals surface area contributed by atoms with Gasteiger partial charge in [0, 0.05) is 58.8 Å². The van der Waals surface area contributed by atoms with Crippen molar-refractivity contribution in [2.75, 3.05) is 59.0 Å². The molecule has 110 valence electrons. The number of rotatable bonds is 5. The molecule has 5 heteroatoms. The fraction of sp³-hybridized carbons (Fsp3) is 0.929. The number of amides is 1. The van der Waals surface area contributed by atoms with Crippen LogP contribution >= 0.6 is 0 Å². The summed E-state index contributed by atoms with van der Waals surface area (Å²) in [5, 5.41) is 8.90. The second kappa shape index (κ2) is 7.82. The van der Waals surface area contributed by atoms with E-state index in [2.05, 4.69) is 9.80 Å². The maximum atomic E-state index is 12.1. The predicted octanol–water partition coefficient (Wildman–Crippen LogP) is -0.00110. The quantitative estimate of drug-likeness (QED) is 0.763. The summed E-state index contributed by atoms with van der Waals surface area (Å²) in [7, 11) is 0. The molecule has 0 unspecified atom stereocenters. The zero-order chi connectivity index (χ0) is 13.5. The first-order valence-corrected chi connectivity index (χ1v) is 7.63. The Morgan fingerprint density at radius 3 is 2.00 bits per heavy atom. The maximum absolute atomic E-state index is 12.1. The van der Waals surface area contributed by atoms with E-state index in [0.29, 0.717) is 12.3 Å². The smallest absolute Gasteiger partial charge is 0.223 e. The number of likely N-dealkylation sites (tertiary alicyclic amines) is 1. The fourth-order valence-corrected chi connectivity index (χ4v) is 2.93. The van der Waals surface area contributed by atoms with Gasteiger partial charge in [0.15, 0.2) is 0 Å². The molecular formula is C14H27N3O2. The molecule has 2 saturated heterocycles. The maximum Gasteiger partial charge on any atom is 0.223 e. The Hall–Kier alpha value is -0.650. The van der Waals surface area contributed by atoms with Crippen LogP contribution in [0, 0.1) is 0 Å². The van der Waals surface area contributed by atoms with Crippen LogP contribution in [0.15, 0.2) is 0 Å². The molecule has 0 saturated carbocycles. The third kappa shape index (κ3) is 4.75. The van der Waals surface area contributed by atoms with Crippen LogP contribution in [0.4, 0.5) is 0 Å². The molecule has 0 radical (unpaired) electrons. The molecule has 0 atom stereocenters. The van der Waals surface area contributed by atoms with E-state index in [0.717, 1.165) is 52.4 Å². The summed E-state index contributed by atoms with van der Waals surface area (Å²) in [6.07, 6.45) is 4.29. The largest absolute Gasteiger partial charge is 0.395 e. The first-order chi connectivity index (χ1) is 9.29. The highest BCUT2D eigenvalue weighted by Gasteiger charge is 2.19. The summed E-state index contributed by atoms with van der Waals surface area (Å²) in [6.45, 7) is 7.90. The Labute approximate surface area is 116 Å². The number of carbonyl (C=O) groups excluding carboxylic acids is 1. The van der Waals surface area contributed by atoms with Crippen molar-refractivity contribution in [3.63, 3.8) is 0 Å². The molecule has 2 aliphatic heterocycles. The van der Waals surface area contributed by atoms with Crippen LogP contribution in [0.3, 0.4) is 0 Å². The number of carbonyl (C=O) groups is 1. The van der Waals surface area contributed by atoms with Gasteiger partial charge in [-0.05, 0) is 19.3 Å². The van der Waals surface area contributed by atoms with Gasteiger partial charge in [0.1, 0.15) is 0 Å². The number of aliphatic hydroxyl groups is 1. The van der Waals surface area contributed by atoms with Crippen LogP contribution in [-0.4, -0.2) is 84.7 Å². The van der Waals surface area contributed by atoms with E-state index in [4.69, 9.17) is 5.11 Å².